The number of halogens is 4. The molecule has 1 N–H and O–H groups in total. The summed E-state index contributed by atoms with van der Waals surface area (Å²) in [6, 6.07) is 4.31. The first-order chi connectivity index (χ1) is 7.82. The Bertz CT molecular complexity index is 390. The third-order valence-corrected chi connectivity index (χ3v) is 3.32. The van der Waals surface area contributed by atoms with Crippen LogP contribution in [0.15, 0.2) is 24.3 Å². The normalized spacial score (nSPS) is 20.8. The lowest BCUT2D eigenvalue weighted by Gasteiger charge is -2.38. The molecule has 1 unspecified atom stereocenters. The van der Waals surface area contributed by atoms with Crippen molar-refractivity contribution in [2.24, 2.45) is 5.92 Å². The second-order valence-corrected chi connectivity index (χ2v) is 4.51. The molecule has 0 amide bonds. The molecule has 1 atom stereocenters. The van der Waals surface area contributed by atoms with E-state index in [9.17, 15) is 17.6 Å². The van der Waals surface area contributed by atoms with E-state index in [1.54, 1.807) is 0 Å². The van der Waals surface area contributed by atoms with Gasteiger partial charge in [-0.15, -0.1) is 0 Å². The van der Waals surface area contributed by atoms with E-state index in [-0.39, 0.29) is 5.92 Å². The molecular formula is C12H13F4N. The predicted octanol–water partition coefficient (Wildman–Crippen LogP) is 3.11. The first-order valence-corrected chi connectivity index (χ1v) is 5.39. The summed E-state index contributed by atoms with van der Waals surface area (Å²) < 4.78 is 51.4. The molecule has 1 aliphatic heterocycles. The van der Waals surface area contributed by atoms with Crippen molar-refractivity contribution < 1.29 is 17.6 Å². The standard InChI is InChI=1S/C12H13F4N/c1-11(13,10-6-17-7-10)8-2-4-9(5-3-8)12(14,15)16/h2-5,10,17H,6-7H2,1H3. The monoisotopic (exact) mass is 247 g/mol. The first kappa shape index (κ1) is 12.4. The van der Waals surface area contributed by atoms with Gasteiger partial charge in [0.25, 0.3) is 0 Å². The second kappa shape index (κ2) is 3.98. The molecule has 94 valence electrons. The summed E-state index contributed by atoms with van der Waals surface area (Å²) in [5.41, 5.74) is -2.02. The van der Waals surface area contributed by atoms with E-state index in [1.165, 1.54) is 19.1 Å². The minimum absolute atomic E-state index is 0.167. The van der Waals surface area contributed by atoms with E-state index in [0.717, 1.165) is 12.1 Å². The van der Waals surface area contributed by atoms with Crippen LogP contribution in [0, 0.1) is 5.92 Å². The van der Waals surface area contributed by atoms with Crippen molar-refractivity contribution in [2.75, 3.05) is 13.1 Å². The molecular weight excluding hydrogens is 234 g/mol. The lowest BCUT2D eigenvalue weighted by atomic mass is 9.81. The van der Waals surface area contributed by atoms with Gasteiger partial charge in [0, 0.05) is 19.0 Å². The molecule has 5 heteroatoms. The maximum Gasteiger partial charge on any atom is 0.416 e. The fraction of sp³-hybridized carbons (Fsp3) is 0.500. The molecule has 1 aliphatic rings. The van der Waals surface area contributed by atoms with Gasteiger partial charge in [0.05, 0.1) is 5.56 Å². The van der Waals surface area contributed by atoms with Crippen LogP contribution in [-0.4, -0.2) is 13.1 Å². The van der Waals surface area contributed by atoms with Crippen LogP contribution in [0.5, 0.6) is 0 Å². The van der Waals surface area contributed by atoms with Gasteiger partial charge in [0.1, 0.15) is 5.67 Å². The molecule has 0 aromatic heterocycles. The van der Waals surface area contributed by atoms with Crippen molar-refractivity contribution in [1.82, 2.24) is 5.32 Å². The van der Waals surface area contributed by atoms with Gasteiger partial charge < -0.3 is 5.32 Å². The summed E-state index contributed by atoms with van der Waals surface area (Å²) in [5.74, 6) is -0.167. The Hall–Kier alpha value is -1.10. The van der Waals surface area contributed by atoms with Gasteiger partial charge in [-0.2, -0.15) is 13.2 Å². The van der Waals surface area contributed by atoms with Crippen LogP contribution in [0.2, 0.25) is 0 Å². The van der Waals surface area contributed by atoms with Crippen LogP contribution in [-0.2, 0) is 11.8 Å². The van der Waals surface area contributed by atoms with E-state index < -0.39 is 17.4 Å². The predicted molar refractivity (Wildman–Crippen MR) is 56.3 cm³/mol. The molecule has 0 spiro atoms. The van der Waals surface area contributed by atoms with Crippen LogP contribution in [0.3, 0.4) is 0 Å². The Morgan fingerprint density at radius 2 is 1.47 bits per heavy atom. The van der Waals surface area contributed by atoms with Crippen molar-refractivity contribution in [1.29, 1.82) is 0 Å². The van der Waals surface area contributed by atoms with Gasteiger partial charge in [-0.25, -0.2) is 4.39 Å². The van der Waals surface area contributed by atoms with Gasteiger partial charge in [-0.3, -0.25) is 0 Å². The summed E-state index contributed by atoms with van der Waals surface area (Å²) in [4.78, 5) is 0. The van der Waals surface area contributed by atoms with Crippen molar-refractivity contribution in [3.63, 3.8) is 0 Å². The fourth-order valence-corrected chi connectivity index (χ4v) is 1.89. The number of nitrogens with one attached hydrogen (secondary N) is 1. The van der Waals surface area contributed by atoms with E-state index in [1.807, 2.05) is 0 Å². The van der Waals surface area contributed by atoms with Gasteiger partial charge in [-0.05, 0) is 24.6 Å². The molecule has 1 fully saturated rings. The van der Waals surface area contributed by atoms with Crippen LogP contribution in [0.1, 0.15) is 18.1 Å². The average molecular weight is 247 g/mol. The number of rotatable bonds is 2. The van der Waals surface area contributed by atoms with Crippen molar-refractivity contribution in [3.8, 4) is 0 Å². The zero-order chi connectivity index (χ0) is 12.7. The number of alkyl halides is 4. The SMILES string of the molecule is CC(F)(c1ccc(C(F)(F)F)cc1)C1CNC1. The second-order valence-electron chi connectivity index (χ2n) is 4.51. The minimum Gasteiger partial charge on any atom is -0.316 e. The van der Waals surface area contributed by atoms with E-state index in [0.29, 0.717) is 18.7 Å². The van der Waals surface area contributed by atoms with E-state index in [2.05, 4.69) is 5.32 Å². The third-order valence-electron chi connectivity index (χ3n) is 3.32. The highest BCUT2D eigenvalue weighted by Crippen LogP contribution is 2.37. The lowest BCUT2D eigenvalue weighted by molar-refractivity contribution is -0.137. The quantitative estimate of drug-likeness (QED) is 0.792. The lowest BCUT2D eigenvalue weighted by Crippen LogP contribution is -2.51. The summed E-state index contributed by atoms with van der Waals surface area (Å²) in [6.07, 6.45) is -4.37. The Morgan fingerprint density at radius 3 is 1.82 bits per heavy atom. The molecule has 1 aromatic rings. The molecule has 2 rings (SSSR count). The molecule has 1 nitrogen and oxygen atoms in total. The van der Waals surface area contributed by atoms with Crippen LogP contribution >= 0.6 is 0 Å². The highest BCUT2D eigenvalue weighted by molar-refractivity contribution is 5.29. The molecule has 1 saturated heterocycles. The molecule has 1 heterocycles. The smallest absolute Gasteiger partial charge is 0.316 e. The molecule has 1 aromatic carbocycles. The van der Waals surface area contributed by atoms with Gasteiger partial charge in [0.15, 0.2) is 0 Å². The third kappa shape index (κ3) is 2.29. The Labute approximate surface area is 96.8 Å². The van der Waals surface area contributed by atoms with E-state index in [4.69, 9.17) is 0 Å². The zero-order valence-electron chi connectivity index (χ0n) is 9.31. The summed E-state index contributed by atoms with van der Waals surface area (Å²) >= 11 is 0. The molecule has 0 saturated carbocycles. The van der Waals surface area contributed by atoms with Crippen molar-refractivity contribution in [2.45, 2.75) is 18.8 Å². The summed E-state index contributed by atoms with van der Waals surface area (Å²) in [6.45, 7) is 2.54. The van der Waals surface area contributed by atoms with Gasteiger partial charge in [-0.1, -0.05) is 12.1 Å². The van der Waals surface area contributed by atoms with Crippen LogP contribution in [0.25, 0.3) is 0 Å². The highest BCUT2D eigenvalue weighted by atomic mass is 19.4. The minimum atomic E-state index is -4.37. The zero-order valence-corrected chi connectivity index (χ0v) is 9.31. The summed E-state index contributed by atoms with van der Waals surface area (Å²) in [7, 11) is 0. The van der Waals surface area contributed by atoms with Crippen molar-refractivity contribution >= 4 is 0 Å². The topological polar surface area (TPSA) is 12.0 Å². The van der Waals surface area contributed by atoms with Gasteiger partial charge >= 0.3 is 6.18 Å². The highest BCUT2D eigenvalue weighted by Gasteiger charge is 2.40. The number of hydrogen-bond acceptors (Lipinski definition) is 1. The summed E-state index contributed by atoms with van der Waals surface area (Å²) in [5, 5.41) is 2.95. The van der Waals surface area contributed by atoms with E-state index >= 15 is 0 Å². The maximum absolute atomic E-state index is 14.4. The molecule has 0 aliphatic carbocycles. The van der Waals surface area contributed by atoms with Crippen molar-refractivity contribution in [3.05, 3.63) is 35.4 Å². The number of benzene rings is 1. The first-order valence-electron chi connectivity index (χ1n) is 5.39. The Morgan fingerprint density at radius 1 is 1.00 bits per heavy atom. The fourth-order valence-electron chi connectivity index (χ4n) is 1.89. The van der Waals surface area contributed by atoms with Crippen LogP contribution in [0.4, 0.5) is 17.6 Å². The molecule has 0 bridgehead atoms. The molecule has 17 heavy (non-hydrogen) atoms. The largest absolute Gasteiger partial charge is 0.416 e. The molecule has 0 radical (unpaired) electrons. The maximum atomic E-state index is 14.4. The average Bonchev–Trinajstić information content (AvgIpc) is 2.13. The number of hydrogen-bond donors (Lipinski definition) is 1. The Balaban J connectivity index is 2.23. The van der Waals surface area contributed by atoms with Crippen LogP contribution < -0.4 is 5.32 Å². The van der Waals surface area contributed by atoms with Gasteiger partial charge in [0.2, 0.25) is 0 Å². The Kier molecular flexibility index (Phi) is 2.89.